The molecule has 0 rings (SSSR count). The smallest absolute Gasteiger partial charge is 0.308 e. The highest BCUT2D eigenvalue weighted by Gasteiger charge is 2.43. The van der Waals surface area contributed by atoms with Gasteiger partial charge in [0.25, 0.3) is 10.1 Å². The predicted octanol–water partition coefficient (Wildman–Crippen LogP) is 7.06. The quantitative estimate of drug-likeness (QED) is 0.113. The van der Waals surface area contributed by atoms with Crippen LogP contribution in [0, 0.1) is 0 Å². The van der Waals surface area contributed by atoms with Gasteiger partial charge in [-0.15, -0.1) is 0 Å². The van der Waals surface area contributed by atoms with Crippen molar-refractivity contribution in [2.75, 3.05) is 13.2 Å². The zero-order valence-corrected chi connectivity index (χ0v) is 21.2. The minimum Gasteiger partial charge on any atom is -0.308 e. The topological polar surface area (TPSA) is 89.9 Å². The molecule has 0 bridgehead atoms. The molecular weight excluding hydrogens is 425 g/mol. The minimum atomic E-state index is -4.55. The fraction of sp³-hybridized carbons (Fsp3) is 0.727. The van der Waals surface area contributed by atoms with Crippen molar-refractivity contribution in [1.29, 1.82) is 0 Å². The molecule has 0 aromatic heterocycles. The molecule has 0 aliphatic heterocycles. The largest absolute Gasteiger partial charge is 0.351 e. The zero-order chi connectivity index (χ0) is 23.2. The van der Waals surface area contributed by atoms with Crippen LogP contribution >= 0.6 is 7.60 Å². The molecule has 0 fully saturated rings. The molecule has 1 unspecified atom stereocenters. The lowest BCUT2D eigenvalue weighted by molar-refractivity contribution is 0.215. The van der Waals surface area contributed by atoms with Crippen LogP contribution in [0.4, 0.5) is 0 Å². The third kappa shape index (κ3) is 12.9. The van der Waals surface area contributed by atoms with Crippen molar-refractivity contribution in [2.24, 2.45) is 0 Å². The van der Waals surface area contributed by atoms with Crippen molar-refractivity contribution in [2.45, 2.75) is 91.5 Å². The molecule has 176 valence electrons. The summed E-state index contributed by atoms with van der Waals surface area (Å²) in [5.74, 6) is 0. The lowest BCUT2D eigenvalue weighted by Gasteiger charge is -2.23. The van der Waals surface area contributed by atoms with Crippen molar-refractivity contribution in [1.82, 2.24) is 0 Å². The van der Waals surface area contributed by atoms with Crippen LogP contribution in [-0.4, -0.2) is 31.2 Å². The second kappa shape index (κ2) is 15.1. The first-order valence-electron chi connectivity index (χ1n) is 10.8. The minimum absolute atomic E-state index is 0.0171. The first kappa shape index (κ1) is 29.3. The van der Waals surface area contributed by atoms with Gasteiger partial charge in [-0.05, 0) is 86.5 Å². The van der Waals surface area contributed by atoms with Gasteiger partial charge >= 0.3 is 7.60 Å². The Morgan fingerprint density at radius 2 is 1.47 bits per heavy atom. The molecule has 0 aliphatic rings. The molecule has 30 heavy (non-hydrogen) atoms. The fourth-order valence-corrected chi connectivity index (χ4v) is 6.77. The molecule has 0 amide bonds. The standard InChI is InChI=1S/C22H41O6PS/c1-7-27-29(23,28-8-2)22(30(24,25)26)18-10-9-14-20(5)16-12-17-21(6)15-11-13-19(3)4/h13-14,17,22H,7-12,15-16,18H2,1-6H3,(H,24,25,26)/b20-14+,21-17+/i10+2. The van der Waals surface area contributed by atoms with Gasteiger partial charge in [-0.1, -0.05) is 34.9 Å². The summed E-state index contributed by atoms with van der Waals surface area (Å²) < 4.78 is 56.1. The van der Waals surface area contributed by atoms with E-state index in [1.165, 1.54) is 16.7 Å². The molecule has 0 aromatic carbocycles. The van der Waals surface area contributed by atoms with E-state index < -0.39 is 22.7 Å². The fourth-order valence-electron chi connectivity index (χ4n) is 3.01. The van der Waals surface area contributed by atoms with Crippen LogP contribution in [0.5, 0.6) is 0 Å². The van der Waals surface area contributed by atoms with E-state index in [9.17, 15) is 17.5 Å². The van der Waals surface area contributed by atoms with Gasteiger partial charge in [0.15, 0.2) is 4.99 Å². The normalized spacial score (nSPS) is 14.6. The molecule has 0 saturated heterocycles. The second-order valence-electron chi connectivity index (χ2n) is 7.74. The van der Waals surface area contributed by atoms with Gasteiger partial charge in [0.1, 0.15) is 0 Å². The molecule has 0 saturated carbocycles. The number of rotatable bonds is 16. The molecule has 6 nitrogen and oxygen atoms in total. The van der Waals surface area contributed by atoms with Crippen molar-refractivity contribution in [3.63, 3.8) is 0 Å². The summed E-state index contributed by atoms with van der Waals surface area (Å²) >= 11 is 0. The molecule has 8 heteroatoms. The summed E-state index contributed by atoms with van der Waals surface area (Å²) in [4.78, 5) is -1.55. The molecule has 1 N–H and O–H groups in total. The van der Waals surface area contributed by atoms with Crippen LogP contribution in [0.25, 0.3) is 0 Å². The van der Waals surface area contributed by atoms with E-state index >= 15 is 0 Å². The van der Waals surface area contributed by atoms with Crippen molar-refractivity contribution in [3.05, 3.63) is 34.9 Å². The maximum atomic E-state index is 12.8. The SMILES string of the molecule is CCOP(=O)(OCC)C(C[14CH2]C/C=C(\C)CC/C=C(\C)CCC=C(C)C)S(=O)(=O)O. The van der Waals surface area contributed by atoms with Crippen LogP contribution in [0.15, 0.2) is 34.9 Å². The highest BCUT2D eigenvalue weighted by molar-refractivity contribution is 7.94. The van der Waals surface area contributed by atoms with Gasteiger partial charge in [-0.3, -0.25) is 9.12 Å². The van der Waals surface area contributed by atoms with Gasteiger partial charge < -0.3 is 9.05 Å². The Hall–Kier alpha value is -0.720. The van der Waals surface area contributed by atoms with Gasteiger partial charge in [-0.25, -0.2) is 0 Å². The summed E-state index contributed by atoms with van der Waals surface area (Å²) in [6, 6.07) is 0. The summed E-state index contributed by atoms with van der Waals surface area (Å²) in [6.45, 7) is 11.7. The third-order valence-electron chi connectivity index (χ3n) is 4.59. The van der Waals surface area contributed by atoms with Gasteiger partial charge in [0, 0.05) is 0 Å². The van der Waals surface area contributed by atoms with Gasteiger partial charge in [0.05, 0.1) is 13.2 Å². The number of hydrogen-bond acceptors (Lipinski definition) is 5. The van der Waals surface area contributed by atoms with E-state index in [0.717, 1.165) is 25.7 Å². The van der Waals surface area contributed by atoms with Crippen LogP contribution in [0.2, 0.25) is 0 Å². The Kier molecular flexibility index (Phi) is 14.8. The van der Waals surface area contributed by atoms with Crippen molar-refractivity contribution < 1.29 is 26.6 Å². The highest BCUT2D eigenvalue weighted by Crippen LogP contribution is 2.56. The first-order chi connectivity index (χ1) is 14.0. The van der Waals surface area contributed by atoms with Crippen LogP contribution < -0.4 is 0 Å². The first-order valence-corrected chi connectivity index (χ1v) is 13.9. The Morgan fingerprint density at radius 1 is 0.967 bits per heavy atom. The van der Waals surface area contributed by atoms with E-state index in [0.29, 0.717) is 12.8 Å². The second-order valence-corrected chi connectivity index (χ2v) is 11.9. The Labute approximate surface area is 184 Å². The zero-order valence-electron chi connectivity index (χ0n) is 19.5. The molecular formula is C22H41O6PS. The van der Waals surface area contributed by atoms with Gasteiger partial charge in [0.2, 0.25) is 0 Å². The highest BCUT2D eigenvalue weighted by atomic mass is 32.2. The van der Waals surface area contributed by atoms with Crippen LogP contribution in [0.1, 0.15) is 86.5 Å². The monoisotopic (exact) mass is 466 g/mol. The number of allylic oxidation sites excluding steroid dienone is 6. The Bertz CT molecular complexity index is 723. The van der Waals surface area contributed by atoms with Crippen LogP contribution in [-0.2, 0) is 23.7 Å². The van der Waals surface area contributed by atoms with E-state index in [1.807, 2.05) is 0 Å². The number of hydrogen-bond donors (Lipinski definition) is 1. The molecule has 0 heterocycles. The van der Waals surface area contributed by atoms with E-state index in [1.54, 1.807) is 13.8 Å². The molecule has 0 aliphatic carbocycles. The lowest BCUT2D eigenvalue weighted by atomic mass is 10.1. The third-order valence-corrected chi connectivity index (χ3v) is 9.28. The lowest BCUT2D eigenvalue weighted by Crippen LogP contribution is -2.23. The molecule has 0 radical (unpaired) electrons. The number of unbranched alkanes of at least 4 members (excludes halogenated alkanes) is 1. The maximum Gasteiger partial charge on any atom is 0.351 e. The van der Waals surface area contributed by atoms with Crippen molar-refractivity contribution >= 4 is 17.7 Å². The Morgan fingerprint density at radius 3 is 1.93 bits per heavy atom. The summed E-state index contributed by atoms with van der Waals surface area (Å²) in [7, 11) is -8.48. The molecule has 0 aromatic rings. The summed E-state index contributed by atoms with van der Waals surface area (Å²) in [5, 5.41) is 0. The van der Waals surface area contributed by atoms with Crippen LogP contribution in [0.3, 0.4) is 0 Å². The summed E-state index contributed by atoms with van der Waals surface area (Å²) in [6.07, 6.45) is 11.8. The molecule has 1 atom stereocenters. The maximum absolute atomic E-state index is 12.8. The Balaban J connectivity index is 4.66. The van der Waals surface area contributed by atoms with E-state index in [2.05, 4.69) is 45.9 Å². The summed E-state index contributed by atoms with van der Waals surface area (Å²) in [5.41, 5.74) is 3.96. The predicted molar refractivity (Wildman–Crippen MR) is 125 cm³/mol. The van der Waals surface area contributed by atoms with E-state index in [4.69, 9.17) is 9.05 Å². The van der Waals surface area contributed by atoms with Crippen molar-refractivity contribution in [3.8, 4) is 0 Å². The average molecular weight is 467 g/mol. The average Bonchev–Trinajstić information content (AvgIpc) is 2.60. The van der Waals surface area contributed by atoms with E-state index in [-0.39, 0.29) is 19.6 Å². The molecule has 0 spiro atoms. The van der Waals surface area contributed by atoms with Gasteiger partial charge in [-0.2, -0.15) is 8.42 Å².